The first-order valence-corrected chi connectivity index (χ1v) is 7.99. The zero-order valence-electron chi connectivity index (χ0n) is 12.7. The van der Waals surface area contributed by atoms with Crippen LogP contribution in [0.15, 0.2) is 47.1 Å². The Morgan fingerprint density at radius 3 is 2.74 bits per heavy atom. The van der Waals surface area contributed by atoms with Gasteiger partial charge in [0.15, 0.2) is 0 Å². The number of hydrogen-bond acceptors (Lipinski definition) is 5. The molecule has 0 bridgehead atoms. The molecule has 118 valence electrons. The average Bonchev–Trinajstić information content (AvgIpc) is 2.98. The van der Waals surface area contributed by atoms with Gasteiger partial charge in [-0.15, -0.1) is 5.10 Å². The molecule has 0 aliphatic carbocycles. The van der Waals surface area contributed by atoms with Gasteiger partial charge in [0.1, 0.15) is 5.52 Å². The fraction of sp³-hybridized carbons (Fsp3) is 0.250. The number of pyridine rings is 1. The largest absolute Gasteiger partial charge is 0.345 e. The van der Waals surface area contributed by atoms with E-state index in [-0.39, 0.29) is 0 Å². The lowest BCUT2D eigenvalue weighted by Gasteiger charge is -2.25. The predicted molar refractivity (Wildman–Crippen MR) is 88.7 cm³/mol. The molecule has 0 saturated carbocycles. The normalized spacial score (nSPS) is 13.7. The lowest BCUT2D eigenvalue weighted by atomic mass is 9.80. The molecule has 2 heterocycles. The second-order valence-corrected chi connectivity index (χ2v) is 6.30. The van der Waals surface area contributed by atoms with Crippen molar-refractivity contribution in [2.75, 3.05) is 0 Å². The number of nitrogens with zero attached hydrogens (tertiary/aromatic N) is 4. The summed E-state index contributed by atoms with van der Waals surface area (Å²) in [5, 5.41) is 7.78. The first kappa shape index (κ1) is 15.6. The quantitative estimate of drug-likeness (QED) is 0.656. The highest BCUT2D eigenvalue weighted by atomic mass is 79.9. The van der Waals surface area contributed by atoms with E-state index in [9.17, 15) is 4.79 Å². The van der Waals surface area contributed by atoms with E-state index in [1.807, 2.05) is 38.1 Å². The maximum atomic E-state index is 12.7. The van der Waals surface area contributed by atoms with E-state index in [2.05, 4.69) is 31.2 Å². The molecule has 3 rings (SSSR count). The number of carbonyl (C=O) groups excluding carboxylic acids is 1. The summed E-state index contributed by atoms with van der Waals surface area (Å²) in [4.78, 5) is 23.4. The van der Waals surface area contributed by atoms with Gasteiger partial charge in [0.25, 0.3) is 0 Å². The Kier molecular flexibility index (Phi) is 4.12. The van der Waals surface area contributed by atoms with Crippen LogP contribution >= 0.6 is 15.9 Å². The Morgan fingerprint density at radius 2 is 2.04 bits per heavy atom. The molecule has 1 aromatic carbocycles. The fourth-order valence-corrected chi connectivity index (χ4v) is 2.53. The van der Waals surface area contributed by atoms with Crippen molar-refractivity contribution in [2.45, 2.75) is 25.7 Å². The number of fused-ring (bicyclic) bond motifs is 1. The summed E-state index contributed by atoms with van der Waals surface area (Å²) in [6.45, 7) is 3.80. The molecule has 0 aliphatic rings. The van der Waals surface area contributed by atoms with Gasteiger partial charge in [-0.3, -0.25) is 0 Å². The standard InChI is InChI=1S/C16H15BrN4O2/c1-3-16(2,11-6-8-12(17)9-7-11)15(22)23-21-14-13(19-20-21)5-4-10-18-14/h4-10H,3H2,1-2H3. The molecule has 0 fully saturated rings. The molecule has 0 spiro atoms. The van der Waals surface area contributed by atoms with Crippen LogP contribution in [0, 0.1) is 0 Å². The zero-order chi connectivity index (χ0) is 16.4. The van der Waals surface area contributed by atoms with Crippen molar-refractivity contribution in [2.24, 2.45) is 0 Å². The van der Waals surface area contributed by atoms with Crippen molar-refractivity contribution in [3.63, 3.8) is 0 Å². The van der Waals surface area contributed by atoms with Crippen LogP contribution in [0.1, 0.15) is 25.8 Å². The van der Waals surface area contributed by atoms with Gasteiger partial charge in [0.2, 0.25) is 5.65 Å². The molecule has 0 saturated heterocycles. The topological polar surface area (TPSA) is 69.9 Å². The Bertz CT molecular complexity index is 847. The Labute approximate surface area is 141 Å². The minimum absolute atomic E-state index is 0.403. The zero-order valence-corrected chi connectivity index (χ0v) is 14.3. The minimum Gasteiger partial charge on any atom is -0.315 e. The van der Waals surface area contributed by atoms with E-state index in [0.29, 0.717) is 17.6 Å². The van der Waals surface area contributed by atoms with Gasteiger partial charge in [-0.25, -0.2) is 9.78 Å². The molecule has 0 amide bonds. The molecule has 1 atom stereocenters. The Morgan fingerprint density at radius 1 is 1.30 bits per heavy atom. The SMILES string of the molecule is CCC(C)(C(=O)On1nnc2cccnc21)c1ccc(Br)cc1. The summed E-state index contributed by atoms with van der Waals surface area (Å²) < 4.78 is 0.958. The average molecular weight is 375 g/mol. The molecule has 7 heteroatoms. The van der Waals surface area contributed by atoms with E-state index >= 15 is 0 Å². The third-order valence-corrected chi connectivity index (χ3v) is 4.52. The summed E-state index contributed by atoms with van der Waals surface area (Å²) in [6.07, 6.45) is 2.19. The van der Waals surface area contributed by atoms with Crippen molar-refractivity contribution in [1.29, 1.82) is 0 Å². The third-order valence-electron chi connectivity index (χ3n) is 3.99. The van der Waals surface area contributed by atoms with E-state index in [0.717, 1.165) is 14.9 Å². The van der Waals surface area contributed by atoms with Crippen molar-refractivity contribution in [1.82, 2.24) is 20.1 Å². The predicted octanol–water partition coefficient (Wildman–Crippen LogP) is 2.91. The molecule has 0 N–H and O–H groups in total. The van der Waals surface area contributed by atoms with Crippen LogP contribution in [0.25, 0.3) is 11.2 Å². The van der Waals surface area contributed by atoms with Crippen LogP contribution in [0.4, 0.5) is 0 Å². The summed E-state index contributed by atoms with van der Waals surface area (Å²) in [5.41, 5.74) is 1.08. The molecule has 23 heavy (non-hydrogen) atoms. The molecule has 2 aromatic heterocycles. The fourth-order valence-electron chi connectivity index (χ4n) is 2.27. The van der Waals surface area contributed by atoms with E-state index in [1.165, 1.54) is 0 Å². The number of aromatic nitrogens is 4. The highest BCUT2D eigenvalue weighted by molar-refractivity contribution is 9.10. The molecule has 3 aromatic rings. The Hall–Kier alpha value is -2.28. The van der Waals surface area contributed by atoms with Crippen LogP contribution in [0.5, 0.6) is 0 Å². The Balaban J connectivity index is 1.92. The molecule has 0 aliphatic heterocycles. The van der Waals surface area contributed by atoms with Crippen molar-refractivity contribution in [3.8, 4) is 0 Å². The van der Waals surface area contributed by atoms with E-state index in [1.54, 1.807) is 18.3 Å². The second-order valence-electron chi connectivity index (χ2n) is 5.38. The van der Waals surface area contributed by atoms with Crippen LogP contribution < -0.4 is 4.84 Å². The lowest BCUT2D eigenvalue weighted by molar-refractivity contribution is -0.152. The summed E-state index contributed by atoms with van der Waals surface area (Å²) in [6, 6.07) is 11.1. The summed E-state index contributed by atoms with van der Waals surface area (Å²) in [7, 11) is 0. The van der Waals surface area contributed by atoms with Crippen molar-refractivity contribution in [3.05, 3.63) is 52.6 Å². The van der Waals surface area contributed by atoms with Gasteiger partial charge in [-0.2, -0.15) is 0 Å². The van der Waals surface area contributed by atoms with Crippen molar-refractivity contribution >= 4 is 33.1 Å². The minimum atomic E-state index is -0.784. The van der Waals surface area contributed by atoms with Gasteiger partial charge in [0, 0.05) is 10.7 Å². The highest BCUT2D eigenvalue weighted by Crippen LogP contribution is 2.29. The first-order valence-electron chi connectivity index (χ1n) is 7.20. The van der Waals surface area contributed by atoms with Crippen LogP contribution in [0.2, 0.25) is 0 Å². The number of carbonyl (C=O) groups is 1. The number of benzene rings is 1. The van der Waals surface area contributed by atoms with E-state index in [4.69, 9.17) is 4.84 Å². The van der Waals surface area contributed by atoms with Gasteiger partial charge in [-0.05, 0) is 53.2 Å². The molecule has 0 radical (unpaired) electrons. The van der Waals surface area contributed by atoms with Gasteiger partial charge in [-0.1, -0.05) is 35.0 Å². The summed E-state index contributed by atoms with van der Waals surface area (Å²) >= 11 is 3.40. The van der Waals surface area contributed by atoms with Gasteiger partial charge < -0.3 is 4.84 Å². The molecule has 6 nitrogen and oxygen atoms in total. The van der Waals surface area contributed by atoms with Crippen LogP contribution in [0.3, 0.4) is 0 Å². The van der Waals surface area contributed by atoms with Crippen molar-refractivity contribution < 1.29 is 9.63 Å². The number of rotatable bonds is 4. The third kappa shape index (κ3) is 2.84. The molecule has 1 unspecified atom stereocenters. The second kappa shape index (κ2) is 6.08. The van der Waals surface area contributed by atoms with Gasteiger partial charge >= 0.3 is 5.97 Å². The maximum absolute atomic E-state index is 12.7. The first-order chi connectivity index (χ1) is 11.0. The number of hydrogen-bond donors (Lipinski definition) is 0. The molecular formula is C16H15BrN4O2. The van der Waals surface area contributed by atoms with Gasteiger partial charge in [0.05, 0.1) is 5.41 Å². The number of halogens is 1. The molecular weight excluding hydrogens is 360 g/mol. The smallest absolute Gasteiger partial charge is 0.315 e. The summed E-state index contributed by atoms with van der Waals surface area (Å²) in [5.74, 6) is -0.403. The highest BCUT2D eigenvalue weighted by Gasteiger charge is 2.36. The lowest BCUT2D eigenvalue weighted by Crippen LogP contribution is -2.39. The maximum Gasteiger partial charge on any atom is 0.345 e. The van der Waals surface area contributed by atoms with E-state index < -0.39 is 11.4 Å². The monoisotopic (exact) mass is 374 g/mol. The van der Waals surface area contributed by atoms with Crippen LogP contribution in [-0.4, -0.2) is 26.1 Å². The van der Waals surface area contributed by atoms with Crippen LogP contribution in [-0.2, 0) is 10.2 Å².